The number of ether oxygens (including phenoxy) is 1. The second kappa shape index (κ2) is 5.44. The highest BCUT2D eigenvalue weighted by molar-refractivity contribution is 6.00. The highest BCUT2D eigenvalue weighted by atomic mass is 19.1. The zero-order valence-corrected chi connectivity index (χ0v) is 11.2. The number of aromatic nitrogens is 1. The van der Waals surface area contributed by atoms with E-state index in [2.05, 4.69) is 10.1 Å². The quantitative estimate of drug-likeness (QED) is 0.847. The first-order valence-corrected chi connectivity index (χ1v) is 6.18. The Balaban J connectivity index is 2.44. The van der Waals surface area contributed by atoms with Crippen LogP contribution < -0.4 is 10.9 Å². The van der Waals surface area contributed by atoms with Crippen LogP contribution in [-0.2, 0) is 9.53 Å². The number of hydrogen-bond donors (Lipinski definition) is 1. The summed E-state index contributed by atoms with van der Waals surface area (Å²) in [4.78, 5) is 34.8. The van der Waals surface area contributed by atoms with Gasteiger partial charge in [-0.25, -0.2) is 9.18 Å². The molecular formula is C13H15FN2O4. The zero-order valence-electron chi connectivity index (χ0n) is 11.2. The number of nitrogens with one attached hydrogen (secondary N) is 1. The molecule has 1 fully saturated rings. The number of methoxy groups -OCH3 is 1. The van der Waals surface area contributed by atoms with E-state index < -0.39 is 23.6 Å². The molecule has 1 N–H and O–H groups in total. The van der Waals surface area contributed by atoms with Crippen LogP contribution in [0.1, 0.15) is 36.2 Å². The SMILES string of the molecule is COC(=O)c1cn(C2CC(F)C2)c(=O)cc1NC(C)=O. The molecule has 2 rings (SSSR count). The summed E-state index contributed by atoms with van der Waals surface area (Å²) in [5.74, 6) is -1.07. The lowest BCUT2D eigenvalue weighted by atomic mass is 9.90. The lowest BCUT2D eigenvalue weighted by molar-refractivity contribution is -0.114. The van der Waals surface area contributed by atoms with Crippen molar-refractivity contribution in [3.05, 3.63) is 28.2 Å². The standard InChI is InChI=1S/C13H15FN2O4/c1-7(17)15-11-5-12(18)16(9-3-8(14)4-9)6-10(11)13(19)20-2/h5-6,8-9H,3-4H2,1-2H3,(H,15,17). The molecule has 6 nitrogen and oxygen atoms in total. The van der Waals surface area contributed by atoms with Gasteiger partial charge in [0.2, 0.25) is 5.91 Å². The third kappa shape index (κ3) is 2.71. The maximum absolute atomic E-state index is 12.9. The number of anilines is 1. The van der Waals surface area contributed by atoms with Gasteiger partial charge < -0.3 is 14.6 Å². The molecular weight excluding hydrogens is 267 g/mol. The van der Waals surface area contributed by atoms with Gasteiger partial charge in [-0.15, -0.1) is 0 Å². The molecule has 0 spiro atoms. The molecule has 0 saturated heterocycles. The number of pyridine rings is 1. The van der Waals surface area contributed by atoms with E-state index in [0.29, 0.717) is 0 Å². The van der Waals surface area contributed by atoms with Crippen molar-refractivity contribution in [3.63, 3.8) is 0 Å². The summed E-state index contributed by atoms with van der Waals surface area (Å²) in [5.41, 5.74) is -0.218. The molecule has 1 aromatic heterocycles. The maximum Gasteiger partial charge on any atom is 0.341 e. The molecule has 1 saturated carbocycles. The highest BCUT2D eigenvalue weighted by Crippen LogP contribution is 2.34. The van der Waals surface area contributed by atoms with Crippen LogP contribution in [0.3, 0.4) is 0 Å². The van der Waals surface area contributed by atoms with Crippen molar-refractivity contribution in [3.8, 4) is 0 Å². The summed E-state index contributed by atoms with van der Waals surface area (Å²) in [7, 11) is 1.20. The Kier molecular flexibility index (Phi) is 3.87. The van der Waals surface area contributed by atoms with E-state index in [-0.39, 0.29) is 30.1 Å². The summed E-state index contributed by atoms with van der Waals surface area (Å²) in [5, 5.41) is 2.41. The Morgan fingerprint density at radius 3 is 2.60 bits per heavy atom. The Morgan fingerprint density at radius 2 is 2.10 bits per heavy atom. The van der Waals surface area contributed by atoms with Crippen LogP contribution in [-0.4, -0.2) is 29.7 Å². The van der Waals surface area contributed by atoms with Gasteiger partial charge in [0.15, 0.2) is 0 Å². The number of alkyl halides is 1. The Labute approximate surface area is 114 Å². The van der Waals surface area contributed by atoms with Gasteiger partial charge >= 0.3 is 5.97 Å². The molecule has 108 valence electrons. The topological polar surface area (TPSA) is 77.4 Å². The van der Waals surface area contributed by atoms with E-state index in [1.807, 2.05) is 0 Å². The fourth-order valence-electron chi connectivity index (χ4n) is 2.15. The monoisotopic (exact) mass is 282 g/mol. The number of nitrogens with zero attached hydrogens (tertiary/aromatic N) is 1. The van der Waals surface area contributed by atoms with Gasteiger partial charge in [0.05, 0.1) is 18.4 Å². The van der Waals surface area contributed by atoms with Crippen molar-refractivity contribution in [2.45, 2.75) is 32.0 Å². The smallest absolute Gasteiger partial charge is 0.341 e. The molecule has 0 aliphatic heterocycles. The Morgan fingerprint density at radius 1 is 1.45 bits per heavy atom. The first-order valence-electron chi connectivity index (χ1n) is 6.18. The van der Waals surface area contributed by atoms with Crippen LogP contribution in [0.2, 0.25) is 0 Å². The molecule has 1 amide bonds. The van der Waals surface area contributed by atoms with E-state index in [0.717, 1.165) is 6.07 Å². The molecule has 20 heavy (non-hydrogen) atoms. The molecule has 1 aliphatic rings. The fraction of sp³-hybridized carbons (Fsp3) is 0.462. The second-order valence-corrected chi connectivity index (χ2v) is 4.74. The number of amides is 1. The van der Waals surface area contributed by atoms with E-state index in [1.54, 1.807) is 0 Å². The van der Waals surface area contributed by atoms with Crippen molar-refractivity contribution in [2.24, 2.45) is 0 Å². The van der Waals surface area contributed by atoms with Crippen molar-refractivity contribution < 1.29 is 18.7 Å². The van der Waals surface area contributed by atoms with E-state index in [4.69, 9.17) is 0 Å². The number of halogens is 1. The first kappa shape index (κ1) is 14.2. The number of esters is 1. The van der Waals surface area contributed by atoms with Crippen LogP contribution in [0, 0.1) is 0 Å². The third-order valence-electron chi connectivity index (χ3n) is 3.25. The minimum Gasteiger partial charge on any atom is -0.465 e. The number of carbonyl (C=O) groups excluding carboxylic acids is 2. The molecule has 0 bridgehead atoms. The van der Waals surface area contributed by atoms with E-state index in [1.165, 1.54) is 24.8 Å². The van der Waals surface area contributed by atoms with Crippen LogP contribution >= 0.6 is 0 Å². The van der Waals surface area contributed by atoms with Gasteiger partial charge in [-0.3, -0.25) is 9.59 Å². The Bertz CT molecular complexity index is 605. The molecule has 7 heteroatoms. The zero-order chi connectivity index (χ0) is 14.9. The molecule has 1 aliphatic carbocycles. The van der Waals surface area contributed by atoms with Gasteiger partial charge in [-0.2, -0.15) is 0 Å². The van der Waals surface area contributed by atoms with Crippen LogP contribution in [0.25, 0.3) is 0 Å². The van der Waals surface area contributed by atoms with Crippen molar-refractivity contribution >= 4 is 17.6 Å². The van der Waals surface area contributed by atoms with E-state index in [9.17, 15) is 18.8 Å². The Hall–Kier alpha value is -2.18. The van der Waals surface area contributed by atoms with Crippen LogP contribution in [0.5, 0.6) is 0 Å². The van der Waals surface area contributed by atoms with Crippen molar-refractivity contribution in [1.29, 1.82) is 0 Å². The number of hydrogen-bond acceptors (Lipinski definition) is 4. The van der Waals surface area contributed by atoms with Crippen molar-refractivity contribution in [1.82, 2.24) is 4.57 Å². The van der Waals surface area contributed by atoms with Crippen LogP contribution in [0.4, 0.5) is 10.1 Å². The van der Waals surface area contributed by atoms with E-state index >= 15 is 0 Å². The largest absolute Gasteiger partial charge is 0.465 e. The first-order chi connectivity index (χ1) is 9.42. The third-order valence-corrected chi connectivity index (χ3v) is 3.25. The molecule has 1 aromatic rings. The van der Waals surface area contributed by atoms with Gasteiger partial charge in [-0.05, 0) is 12.8 Å². The summed E-state index contributed by atoms with van der Waals surface area (Å²) in [6.07, 6.45) is 0.902. The van der Waals surface area contributed by atoms with Crippen LogP contribution in [0.15, 0.2) is 17.1 Å². The minimum atomic E-state index is -0.913. The maximum atomic E-state index is 12.9. The highest BCUT2D eigenvalue weighted by Gasteiger charge is 2.31. The lowest BCUT2D eigenvalue weighted by Gasteiger charge is -2.31. The average molecular weight is 282 g/mol. The summed E-state index contributed by atoms with van der Waals surface area (Å²) in [6, 6.07) is 0.895. The summed E-state index contributed by atoms with van der Waals surface area (Å²) in [6.45, 7) is 1.27. The predicted molar refractivity (Wildman–Crippen MR) is 69.5 cm³/mol. The lowest BCUT2D eigenvalue weighted by Crippen LogP contribution is -2.35. The van der Waals surface area contributed by atoms with Crippen molar-refractivity contribution in [2.75, 3.05) is 12.4 Å². The van der Waals surface area contributed by atoms with Gasteiger partial charge in [0.25, 0.3) is 5.56 Å². The molecule has 0 aromatic carbocycles. The number of rotatable bonds is 3. The predicted octanol–water partition coefficient (Wildman–Crippen LogP) is 1.27. The fourth-order valence-corrected chi connectivity index (χ4v) is 2.15. The molecule has 0 radical (unpaired) electrons. The number of carbonyl (C=O) groups is 2. The molecule has 0 atom stereocenters. The minimum absolute atomic E-state index is 0.0737. The normalized spacial score (nSPS) is 20.9. The summed E-state index contributed by atoms with van der Waals surface area (Å²) >= 11 is 0. The molecule has 0 unspecified atom stereocenters. The van der Waals surface area contributed by atoms with Gasteiger partial charge in [-0.1, -0.05) is 0 Å². The molecule has 1 heterocycles. The van der Waals surface area contributed by atoms with Gasteiger partial charge in [0.1, 0.15) is 6.17 Å². The summed E-state index contributed by atoms with van der Waals surface area (Å²) < 4.78 is 18.8. The van der Waals surface area contributed by atoms with Gasteiger partial charge in [0, 0.05) is 25.2 Å². The second-order valence-electron chi connectivity index (χ2n) is 4.74. The average Bonchev–Trinajstić information content (AvgIpc) is 2.34.